The van der Waals surface area contributed by atoms with E-state index in [0.717, 1.165) is 24.3 Å². The molecule has 33 heavy (non-hydrogen) atoms. The van der Waals surface area contributed by atoms with Crippen molar-refractivity contribution in [2.24, 2.45) is 7.05 Å². The van der Waals surface area contributed by atoms with E-state index < -0.39 is 18.0 Å². The SMILES string of the molecule is C[C@H]1CN(C(c2ccc(F)cc2)C(F)(F)F)CCN1c1cc(=O)n(C)c2ccc(C#N)nc12. The summed E-state index contributed by atoms with van der Waals surface area (Å²) in [6.07, 6.45) is -4.54. The first-order chi connectivity index (χ1) is 15.6. The predicted octanol–water partition coefficient (Wildman–Crippen LogP) is 3.76. The Balaban J connectivity index is 1.69. The maximum absolute atomic E-state index is 14.0. The van der Waals surface area contributed by atoms with Crippen LogP contribution in [0.25, 0.3) is 11.0 Å². The van der Waals surface area contributed by atoms with Crippen molar-refractivity contribution in [3.8, 4) is 6.07 Å². The lowest BCUT2D eigenvalue weighted by Crippen LogP contribution is -2.55. The van der Waals surface area contributed by atoms with Crippen LogP contribution in [-0.2, 0) is 7.05 Å². The molecule has 0 bridgehead atoms. The third-order valence-corrected chi connectivity index (χ3v) is 6.01. The second kappa shape index (κ2) is 8.48. The van der Waals surface area contributed by atoms with Gasteiger partial charge < -0.3 is 9.47 Å². The molecule has 6 nitrogen and oxygen atoms in total. The summed E-state index contributed by atoms with van der Waals surface area (Å²) in [7, 11) is 1.60. The molecule has 0 amide bonds. The highest BCUT2D eigenvalue weighted by Crippen LogP contribution is 2.39. The monoisotopic (exact) mass is 459 g/mol. The van der Waals surface area contributed by atoms with Crippen molar-refractivity contribution in [3.05, 3.63) is 69.9 Å². The first kappa shape index (κ1) is 22.7. The summed E-state index contributed by atoms with van der Waals surface area (Å²) in [4.78, 5) is 20.1. The smallest absolute Gasteiger partial charge is 0.364 e. The van der Waals surface area contributed by atoms with E-state index in [9.17, 15) is 27.6 Å². The topological polar surface area (TPSA) is 65.2 Å². The van der Waals surface area contributed by atoms with E-state index >= 15 is 0 Å². The van der Waals surface area contributed by atoms with Crippen LogP contribution < -0.4 is 10.5 Å². The number of piperazine rings is 1. The molecule has 1 saturated heterocycles. The molecule has 0 N–H and O–H groups in total. The zero-order chi connectivity index (χ0) is 23.9. The van der Waals surface area contributed by atoms with Crippen molar-refractivity contribution < 1.29 is 17.6 Å². The fourth-order valence-electron chi connectivity index (χ4n) is 4.42. The maximum Gasteiger partial charge on any atom is 0.408 e. The first-order valence-corrected chi connectivity index (χ1v) is 10.3. The largest absolute Gasteiger partial charge is 0.408 e. The van der Waals surface area contributed by atoms with Crippen LogP contribution >= 0.6 is 0 Å². The Morgan fingerprint density at radius 1 is 1.15 bits per heavy atom. The molecule has 3 heterocycles. The Morgan fingerprint density at radius 3 is 2.45 bits per heavy atom. The third kappa shape index (κ3) is 4.28. The van der Waals surface area contributed by atoms with Gasteiger partial charge in [0.1, 0.15) is 29.1 Å². The van der Waals surface area contributed by atoms with Gasteiger partial charge >= 0.3 is 6.18 Å². The van der Waals surface area contributed by atoms with Crippen molar-refractivity contribution in [1.82, 2.24) is 14.5 Å². The lowest BCUT2D eigenvalue weighted by molar-refractivity contribution is -0.188. The first-order valence-electron chi connectivity index (χ1n) is 10.3. The van der Waals surface area contributed by atoms with E-state index in [1.807, 2.05) is 11.0 Å². The molecule has 4 rings (SSSR count). The molecule has 1 aromatic carbocycles. The van der Waals surface area contributed by atoms with Gasteiger partial charge in [0.05, 0.1) is 11.2 Å². The van der Waals surface area contributed by atoms with Crippen molar-refractivity contribution in [2.45, 2.75) is 25.2 Å². The summed E-state index contributed by atoms with van der Waals surface area (Å²) in [5, 5.41) is 9.24. The van der Waals surface area contributed by atoms with Gasteiger partial charge in [-0.2, -0.15) is 18.4 Å². The molecule has 1 aliphatic rings. The molecule has 0 radical (unpaired) electrons. The number of rotatable bonds is 3. The van der Waals surface area contributed by atoms with E-state index in [1.54, 1.807) is 20.0 Å². The Kier molecular flexibility index (Phi) is 5.84. The number of pyridine rings is 2. The van der Waals surface area contributed by atoms with Crippen LogP contribution in [0.3, 0.4) is 0 Å². The van der Waals surface area contributed by atoms with Crippen LogP contribution in [0.4, 0.5) is 23.2 Å². The number of anilines is 1. The molecule has 2 atom stereocenters. The van der Waals surface area contributed by atoms with Crippen molar-refractivity contribution >= 4 is 16.7 Å². The van der Waals surface area contributed by atoms with Crippen molar-refractivity contribution in [1.29, 1.82) is 5.26 Å². The van der Waals surface area contributed by atoms with Crippen LogP contribution in [0.1, 0.15) is 24.2 Å². The molecule has 0 saturated carbocycles. The Labute approximate surface area is 187 Å². The van der Waals surface area contributed by atoms with Gasteiger partial charge in [0.2, 0.25) is 0 Å². The summed E-state index contributed by atoms with van der Waals surface area (Å²) in [6, 6.07) is 8.66. The quantitative estimate of drug-likeness (QED) is 0.558. The summed E-state index contributed by atoms with van der Waals surface area (Å²) >= 11 is 0. The van der Waals surface area contributed by atoms with Gasteiger partial charge in [-0.15, -0.1) is 0 Å². The predicted molar refractivity (Wildman–Crippen MR) is 115 cm³/mol. The molecular weight excluding hydrogens is 438 g/mol. The zero-order valence-electron chi connectivity index (χ0n) is 18.0. The Morgan fingerprint density at radius 2 is 1.85 bits per heavy atom. The maximum atomic E-state index is 14.0. The minimum Gasteiger partial charge on any atom is -0.364 e. The van der Waals surface area contributed by atoms with E-state index in [1.165, 1.54) is 21.6 Å². The number of nitriles is 1. The van der Waals surface area contributed by atoms with Crippen molar-refractivity contribution in [3.63, 3.8) is 0 Å². The highest BCUT2D eigenvalue weighted by atomic mass is 19.4. The van der Waals surface area contributed by atoms with E-state index in [-0.39, 0.29) is 42.5 Å². The van der Waals surface area contributed by atoms with Crippen LogP contribution in [0.15, 0.2) is 47.3 Å². The second-order valence-electron chi connectivity index (χ2n) is 8.14. The minimum atomic E-state index is -4.54. The second-order valence-corrected chi connectivity index (χ2v) is 8.14. The number of halogens is 4. The number of fused-ring (bicyclic) bond motifs is 1. The van der Waals surface area contributed by atoms with Gasteiger partial charge in [-0.25, -0.2) is 9.37 Å². The van der Waals surface area contributed by atoms with Crippen LogP contribution in [-0.4, -0.2) is 46.3 Å². The van der Waals surface area contributed by atoms with Gasteiger partial charge in [-0.3, -0.25) is 9.69 Å². The molecule has 1 aliphatic heterocycles. The van der Waals surface area contributed by atoms with Crippen LogP contribution in [0.5, 0.6) is 0 Å². The summed E-state index contributed by atoms with van der Waals surface area (Å²) < 4.78 is 56.7. The molecule has 2 aromatic heterocycles. The summed E-state index contributed by atoms with van der Waals surface area (Å²) in [5.74, 6) is -0.598. The lowest BCUT2D eigenvalue weighted by atomic mass is 10.0. The third-order valence-electron chi connectivity index (χ3n) is 6.01. The van der Waals surface area contributed by atoms with Crippen molar-refractivity contribution in [2.75, 3.05) is 24.5 Å². The average molecular weight is 459 g/mol. The molecule has 172 valence electrons. The summed E-state index contributed by atoms with van der Waals surface area (Å²) in [6.45, 7) is 2.13. The fraction of sp³-hybridized carbons (Fsp3) is 0.348. The van der Waals surface area contributed by atoms with E-state index in [2.05, 4.69) is 4.98 Å². The van der Waals surface area contributed by atoms with Gasteiger partial charge in [-0.05, 0) is 36.8 Å². The summed E-state index contributed by atoms with van der Waals surface area (Å²) in [5.41, 5.74) is 1.35. The number of aryl methyl sites for hydroxylation is 1. The number of alkyl halides is 3. The molecule has 0 spiro atoms. The van der Waals surface area contributed by atoms with Gasteiger partial charge in [0.25, 0.3) is 5.56 Å². The van der Waals surface area contributed by atoms with Gasteiger partial charge in [-0.1, -0.05) is 12.1 Å². The number of hydrogen-bond donors (Lipinski definition) is 0. The number of hydrogen-bond acceptors (Lipinski definition) is 5. The number of aromatic nitrogens is 2. The van der Waals surface area contributed by atoms with Gasteiger partial charge in [0, 0.05) is 38.8 Å². The lowest BCUT2D eigenvalue weighted by Gasteiger charge is -2.44. The molecule has 1 fully saturated rings. The fourth-order valence-corrected chi connectivity index (χ4v) is 4.42. The zero-order valence-corrected chi connectivity index (χ0v) is 18.0. The molecule has 0 aliphatic carbocycles. The normalized spacial score (nSPS) is 18.3. The Bertz CT molecular complexity index is 1280. The minimum absolute atomic E-state index is 0.0242. The van der Waals surface area contributed by atoms with E-state index in [0.29, 0.717) is 16.7 Å². The van der Waals surface area contributed by atoms with Gasteiger partial charge in [0.15, 0.2) is 0 Å². The molecule has 10 heteroatoms. The average Bonchev–Trinajstić information content (AvgIpc) is 2.77. The highest BCUT2D eigenvalue weighted by molar-refractivity contribution is 5.88. The number of nitrogens with zero attached hydrogens (tertiary/aromatic N) is 5. The van der Waals surface area contributed by atoms with Crippen LogP contribution in [0, 0.1) is 17.1 Å². The van der Waals surface area contributed by atoms with Crippen LogP contribution in [0.2, 0.25) is 0 Å². The standard InChI is InChI=1S/C23H21F4N5O/c1-14-13-31(22(23(25,26)27)15-3-5-16(24)6-4-15)9-10-32(14)19-11-20(33)30(2)18-8-7-17(12-28)29-21(18)19/h3-8,11,14,22H,9-10,13H2,1-2H3/t14-,22?/m0/s1. The molecule has 1 unspecified atom stereocenters. The molecule has 3 aromatic rings. The molecular formula is C23H21F4N5O. The van der Waals surface area contributed by atoms with E-state index in [4.69, 9.17) is 0 Å². The highest BCUT2D eigenvalue weighted by Gasteiger charge is 2.46. The Hall–Kier alpha value is -3.45. The number of benzene rings is 1.